The van der Waals surface area contributed by atoms with E-state index in [0.717, 1.165) is 32.2 Å². The summed E-state index contributed by atoms with van der Waals surface area (Å²) < 4.78 is 4.77. The third-order valence-electron chi connectivity index (χ3n) is 6.87. The molecule has 3 heterocycles. The van der Waals surface area contributed by atoms with E-state index in [1.165, 1.54) is 6.08 Å². The summed E-state index contributed by atoms with van der Waals surface area (Å²) in [5.74, 6) is 0.710. The molecule has 9 heteroatoms. The van der Waals surface area contributed by atoms with Gasteiger partial charge >= 0.3 is 0 Å². The van der Waals surface area contributed by atoms with E-state index in [1.54, 1.807) is 11.1 Å². The van der Waals surface area contributed by atoms with E-state index in [-0.39, 0.29) is 30.2 Å². The monoisotopic (exact) mass is 561 g/mol. The van der Waals surface area contributed by atoms with E-state index in [1.807, 2.05) is 54.1 Å². The standard InChI is InChI=1S/C28H28BrN5O3/c1-3-28(37)34-14-19(15-34)30-27(36)17-33-16-21(20-13-18(29)11-12-23(20)33)25(35)9-6-10-26-31-22-7-4-5-8-24(22)32(26)2/h3-5,7-8,11-13,16,19H,1,6,9-10,14-15,17H2,2H3,(H,30,36). The first-order valence-corrected chi connectivity index (χ1v) is 13.1. The van der Waals surface area contributed by atoms with Crippen LogP contribution in [0.15, 0.2) is 65.8 Å². The number of carbonyl (C=O) groups is 3. The minimum atomic E-state index is -0.156. The van der Waals surface area contributed by atoms with E-state index < -0.39 is 0 Å². The first-order chi connectivity index (χ1) is 17.8. The number of Topliss-reactive ketones (excluding diaryl/α,β-unsaturated/α-hetero) is 1. The molecule has 37 heavy (non-hydrogen) atoms. The van der Waals surface area contributed by atoms with Crippen molar-refractivity contribution in [3.8, 4) is 0 Å². The normalized spacial score (nSPS) is 13.6. The molecule has 5 rings (SSSR count). The molecule has 0 spiro atoms. The molecule has 0 atom stereocenters. The number of nitrogens with zero attached hydrogens (tertiary/aromatic N) is 4. The zero-order valence-electron chi connectivity index (χ0n) is 20.6. The smallest absolute Gasteiger partial charge is 0.246 e. The van der Waals surface area contributed by atoms with Gasteiger partial charge in [-0.05, 0) is 42.8 Å². The van der Waals surface area contributed by atoms with Crippen molar-refractivity contribution in [2.45, 2.75) is 31.8 Å². The van der Waals surface area contributed by atoms with Crippen molar-refractivity contribution in [1.29, 1.82) is 0 Å². The number of nitrogens with one attached hydrogen (secondary N) is 1. The van der Waals surface area contributed by atoms with Gasteiger partial charge in [-0.2, -0.15) is 0 Å². The van der Waals surface area contributed by atoms with E-state index in [0.29, 0.717) is 37.9 Å². The molecule has 1 aliphatic rings. The predicted molar refractivity (Wildman–Crippen MR) is 146 cm³/mol. The van der Waals surface area contributed by atoms with Gasteiger partial charge in [0.25, 0.3) is 0 Å². The third-order valence-corrected chi connectivity index (χ3v) is 7.37. The second kappa shape index (κ2) is 10.3. The highest BCUT2D eigenvalue weighted by atomic mass is 79.9. The summed E-state index contributed by atoms with van der Waals surface area (Å²) in [4.78, 5) is 44.0. The summed E-state index contributed by atoms with van der Waals surface area (Å²) in [6.07, 6.45) is 4.82. The molecule has 0 saturated carbocycles. The van der Waals surface area contributed by atoms with Crippen molar-refractivity contribution >= 4 is 55.5 Å². The summed E-state index contributed by atoms with van der Waals surface area (Å²) >= 11 is 3.51. The Morgan fingerprint density at radius 2 is 1.95 bits per heavy atom. The average molecular weight is 562 g/mol. The first-order valence-electron chi connectivity index (χ1n) is 12.3. The molecular weight excluding hydrogens is 534 g/mol. The molecule has 8 nitrogen and oxygen atoms in total. The van der Waals surface area contributed by atoms with Gasteiger partial charge in [-0.3, -0.25) is 14.4 Å². The van der Waals surface area contributed by atoms with Crippen LogP contribution in [0.25, 0.3) is 21.9 Å². The van der Waals surface area contributed by atoms with Crippen LogP contribution >= 0.6 is 15.9 Å². The molecule has 2 aromatic heterocycles. The van der Waals surface area contributed by atoms with Crippen molar-refractivity contribution in [2.24, 2.45) is 7.05 Å². The number of carbonyl (C=O) groups excluding carboxylic acids is 3. The SMILES string of the molecule is C=CC(=O)N1CC(NC(=O)Cn2cc(C(=O)CCCc3nc4ccccc4n3C)c3cc(Br)ccc32)C1. The lowest BCUT2D eigenvalue weighted by Crippen LogP contribution is -2.61. The minimum Gasteiger partial charge on any atom is -0.348 e. The number of para-hydroxylation sites is 2. The minimum absolute atomic E-state index is 0.0404. The van der Waals surface area contributed by atoms with Gasteiger partial charge in [0.15, 0.2) is 5.78 Å². The second-order valence-corrected chi connectivity index (χ2v) is 10.3. The lowest BCUT2D eigenvalue weighted by Gasteiger charge is -2.38. The highest BCUT2D eigenvalue weighted by Crippen LogP contribution is 2.27. The van der Waals surface area contributed by atoms with Crippen LogP contribution in [0.4, 0.5) is 0 Å². The van der Waals surface area contributed by atoms with Gasteiger partial charge in [-0.25, -0.2) is 4.98 Å². The van der Waals surface area contributed by atoms with Gasteiger partial charge in [0.2, 0.25) is 11.8 Å². The summed E-state index contributed by atoms with van der Waals surface area (Å²) in [5, 5.41) is 3.79. The van der Waals surface area contributed by atoms with Crippen LogP contribution in [-0.4, -0.2) is 55.7 Å². The zero-order valence-corrected chi connectivity index (χ0v) is 22.2. The molecule has 0 unspecified atom stereocenters. The summed E-state index contributed by atoms with van der Waals surface area (Å²) in [7, 11) is 2.00. The molecule has 0 aliphatic carbocycles. The van der Waals surface area contributed by atoms with Crippen molar-refractivity contribution in [1.82, 2.24) is 24.3 Å². The summed E-state index contributed by atoms with van der Waals surface area (Å²) in [6.45, 7) is 4.54. The van der Waals surface area contributed by atoms with Crippen molar-refractivity contribution in [2.75, 3.05) is 13.1 Å². The Morgan fingerprint density at radius 1 is 1.16 bits per heavy atom. The Bertz CT molecular complexity index is 1530. The van der Waals surface area contributed by atoms with Crippen LogP contribution in [0.5, 0.6) is 0 Å². The number of aromatic nitrogens is 3. The van der Waals surface area contributed by atoms with Crippen LogP contribution in [0.2, 0.25) is 0 Å². The predicted octanol–water partition coefficient (Wildman–Crippen LogP) is 4.01. The second-order valence-electron chi connectivity index (χ2n) is 9.40. The maximum absolute atomic E-state index is 13.3. The van der Waals surface area contributed by atoms with Crippen LogP contribution in [0, 0.1) is 0 Å². The molecule has 0 radical (unpaired) electrons. The molecule has 2 amide bonds. The molecule has 1 fully saturated rings. The molecule has 2 aromatic carbocycles. The number of aryl methyl sites for hydroxylation is 2. The maximum Gasteiger partial charge on any atom is 0.246 e. The topological polar surface area (TPSA) is 89.2 Å². The number of imidazole rings is 1. The number of hydrogen-bond donors (Lipinski definition) is 1. The van der Waals surface area contributed by atoms with Crippen LogP contribution in [0.1, 0.15) is 29.0 Å². The van der Waals surface area contributed by atoms with Gasteiger partial charge in [-0.15, -0.1) is 0 Å². The number of rotatable bonds is 9. The first kappa shape index (κ1) is 25.0. The quantitative estimate of drug-likeness (QED) is 0.247. The number of benzene rings is 2. The van der Waals surface area contributed by atoms with Crippen LogP contribution in [-0.2, 0) is 29.6 Å². The highest BCUT2D eigenvalue weighted by molar-refractivity contribution is 9.10. The Balaban J connectivity index is 1.26. The van der Waals surface area contributed by atoms with Crippen molar-refractivity contribution < 1.29 is 14.4 Å². The number of halogens is 1. The number of ketones is 1. The number of likely N-dealkylation sites (tertiary alicyclic amines) is 1. The highest BCUT2D eigenvalue weighted by Gasteiger charge is 2.30. The fraction of sp³-hybridized carbons (Fsp3) is 0.286. The van der Waals surface area contributed by atoms with Gasteiger partial charge in [0.05, 0.1) is 17.1 Å². The Kier molecular flexibility index (Phi) is 6.97. The Labute approximate surface area is 223 Å². The van der Waals surface area contributed by atoms with Gasteiger partial charge in [0.1, 0.15) is 12.4 Å². The van der Waals surface area contributed by atoms with Gasteiger partial charge < -0.3 is 19.4 Å². The van der Waals surface area contributed by atoms with E-state index in [9.17, 15) is 14.4 Å². The zero-order chi connectivity index (χ0) is 26.1. The Hall–Kier alpha value is -3.72. The van der Waals surface area contributed by atoms with E-state index in [4.69, 9.17) is 4.98 Å². The summed E-state index contributed by atoms with van der Waals surface area (Å²) in [6, 6.07) is 13.7. The van der Waals surface area contributed by atoms with E-state index in [2.05, 4.69) is 32.4 Å². The largest absolute Gasteiger partial charge is 0.348 e. The molecule has 1 aliphatic heterocycles. The molecule has 1 saturated heterocycles. The number of hydrogen-bond acceptors (Lipinski definition) is 4. The van der Waals surface area contributed by atoms with Gasteiger partial charge in [-0.1, -0.05) is 34.6 Å². The third kappa shape index (κ3) is 5.09. The van der Waals surface area contributed by atoms with Gasteiger partial charge in [0, 0.05) is 60.1 Å². The maximum atomic E-state index is 13.3. The van der Waals surface area contributed by atoms with Crippen LogP contribution < -0.4 is 5.32 Å². The molecule has 190 valence electrons. The summed E-state index contributed by atoms with van der Waals surface area (Å²) in [5.41, 5.74) is 3.48. The Morgan fingerprint density at radius 3 is 2.70 bits per heavy atom. The van der Waals surface area contributed by atoms with E-state index >= 15 is 0 Å². The average Bonchev–Trinajstić information content (AvgIpc) is 3.37. The number of amides is 2. The van der Waals surface area contributed by atoms with Crippen molar-refractivity contribution in [3.05, 3.63) is 77.2 Å². The molecule has 1 N–H and O–H groups in total. The lowest BCUT2D eigenvalue weighted by molar-refractivity contribution is -0.133. The fourth-order valence-electron chi connectivity index (χ4n) is 4.89. The van der Waals surface area contributed by atoms with Crippen molar-refractivity contribution in [3.63, 3.8) is 0 Å². The molecular formula is C28H28BrN5O3. The lowest BCUT2D eigenvalue weighted by atomic mass is 10.0. The number of fused-ring (bicyclic) bond motifs is 2. The van der Waals surface area contributed by atoms with Crippen LogP contribution in [0.3, 0.4) is 0 Å². The molecule has 4 aromatic rings. The fourth-order valence-corrected chi connectivity index (χ4v) is 5.25. The molecule has 0 bridgehead atoms.